The second-order valence-corrected chi connectivity index (χ2v) is 5.76. The van der Waals surface area contributed by atoms with E-state index < -0.39 is 6.04 Å². The topological polar surface area (TPSA) is 75.4 Å². The Bertz CT molecular complexity index is 393. The number of hydrogen-bond donors (Lipinski definition) is 3. The molecule has 0 spiro atoms. The van der Waals surface area contributed by atoms with E-state index in [2.05, 4.69) is 26.1 Å². The van der Waals surface area contributed by atoms with Gasteiger partial charge >= 0.3 is 0 Å². The Morgan fingerprint density at radius 1 is 1.33 bits per heavy atom. The molecular weight excluding hydrogens is 228 g/mol. The summed E-state index contributed by atoms with van der Waals surface area (Å²) in [6.45, 7) is 6.77. The minimum Gasteiger partial charge on any atom is -0.508 e. The van der Waals surface area contributed by atoms with Crippen molar-refractivity contribution in [1.82, 2.24) is 5.32 Å². The van der Waals surface area contributed by atoms with Crippen LogP contribution in [0.3, 0.4) is 0 Å². The van der Waals surface area contributed by atoms with Crippen molar-refractivity contribution in [2.45, 2.75) is 33.2 Å². The van der Waals surface area contributed by atoms with Gasteiger partial charge in [0.1, 0.15) is 5.75 Å². The average molecular weight is 250 g/mol. The number of phenolic OH excluding ortho intramolecular Hbond substituents is 1. The molecule has 0 bridgehead atoms. The normalized spacial score (nSPS) is 13.1. The Kier molecular flexibility index (Phi) is 4.73. The summed E-state index contributed by atoms with van der Waals surface area (Å²) in [4.78, 5) is 11.8. The summed E-state index contributed by atoms with van der Waals surface area (Å²) in [5, 5.41) is 12.0. The Hall–Kier alpha value is -1.55. The predicted molar refractivity (Wildman–Crippen MR) is 72.3 cm³/mol. The number of amides is 1. The molecule has 1 aromatic rings. The molecule has 4 N–H and O–H groups in total. The van der Waals surface area contributed by atoms with Crippen molar-refractivity contribution in [1.29, 1.82) is 0 Å². The lowest BCUT2D eigenvalue weighted by molar-refractivity contribution is -0.122. The summed E-state index contributed by atoms with van der Waals surface area (Å²) in [5.74, 6) is 0.0718. The second-order valence-electron chi connectivity index (χ2n) is 5.76. The van der Waals surface area contributed by atoms with Gasteiger partial charge in [0.2, 0.25) is 5.91 Å². The fourth-order valence-corrected chi connectivity index (χ4v) is 1.46. The molecule has 0 radical (unpaired) electrons. The number of carbonyl (C=O) groups is 1. The maximum absolute atomic E-state index is 11.8. The van der Waals surface area contributed by atoms with Crippen LogP contribution in [0.15, 0.2) is 24.3 Å². The summed E-state index contributed by atoms with van der Waals surface area (Å²) in [7, 11) is 0. The van der Waals surface area contributed by atoms with Gasteiger partial charge in [-0.15, -0.1) is 0 Å². The molecule has 1 amide bonds. The van der Waals surface area contributed by atoms with E-state index in [1.54, 1.807) is 24.3 Å². The van der Waals surface area contributed by atoms with E-state index >= 15 is 0 Å². The molecule has 0 aliphatic heterocycles. The molecule has 4 heteroatoms. The van der Waals surface area contributed by atoms with Crippen LogP contribution in [0.5, 0.6) is 5.75 Å². The highest BCUT2D eigenvalue weighted by Crippen LogP contribution is 2.12. The van der Waals surface area contributed by atoms with Gasteiger partial charge < -0.3 is 16.2 Å². The van der Waals surface area contributed by atoms with E-state index in [0.717, 1.165) is 5.56 Å². The summed E-state index contributed by atoms with van der Waals surface area (Å²) >= 11 is 0. The zero-order valence-electron chi connectivity index (χ0n) is 11.2. The van der Waals surface area contributed by atoms with Crippen LogP contribution in [0.25, 0.3) is 0 Å². The van der Waals surface area contributed by atoms with Crippen molar-refractivity contribution in [3.05, 3.63) is 29.8 Å². The van der Waals surface area contributed by atoms with Gasteiger partial charge in [-0.25, -0.2) is 0 Å². The Balaban J connectivity index is 2.47. The lowest BCUT2D eigenvalue weighted by atomic mass is 9.96. The van der Waals surface area contributed by atoms with Crippen LogP contribution in [0.4, 0.5) is 0 Å². The molecule has 0 saturated carbocycles. The first-order chi connectivity index (χ1) is 8.28. The monoisotopic (exact) mass is 250 g/mol. The van der Waals surface area contributed by atoms with Gasteiger partial charge in [0, 0.05) is 6.54 Å². The molecule has 0 aliphatic carbocycles. The highest BCUT2D eigenvalue weighted by Gasteiger charge is 2.17. The average Bonchev–Trinajstić information content (AvgIpc) is 2.28. The standard InChI is InChI=1S/C14H22N2O2/c1-14(2,3)9-16-13(18)12(15)8-10-4-6-11(17)7-5-10/h4-7,12,17H,8-9,15H2,1-3H3,(H,16,18)/t12-/m0/s1. The zero-order chi connectivity index (χ0) is 13.8. The minimum atomic E-state index is -0.558. The lowest BCUT2D eigenvalue weighted by Gasteiger charge is -2.20. The number of nitrogens with two attached hydrogens (primary N) is 1. The first-order valence-corrected chi connectivity index (χ1v) is 6.09. The summed E-state index contributed by atoms with van der Waals surface area (Å²) in [5.41, 5.74) is 6.83. The molecule has 0 aromatic heterocycles. The van der Waals surface area contributed by atoms with Crippen LogP contribution in [-0.4, -0.2) is 23.6 Å². The molecule has 1 rings (SSSR count). The number of hydrogen-bond acceptors (Lipinski definition) is 3. The molecule has 0 unspecified atom stereocenters. The molecule has 1 aromatic carbocycles. The minimum absolute atomic E-state index is 0.0495. The third-order valence-electron chi connectivity index (χ3n) is 2.52. The number of phenols is 1. The number of benzene rings is 1. The van der Waals surface area contributed by atoms with Gasteiger partial charge in [-0.1, -0.05) is 32.9 Å². The molecule has 4 nitrogen and oxygen atoms in total. The Labute approximate surface area is 108 Å². The smallest absolute Gasteiger partial charge is 0.237 e. The predicted octanol–water partition coefficient (Wildman–Crippen LogP) is 1.42. The summed E-state index contributed by atoms with van der Waals surface area (Å²) in [6.07, 6.45) is 0.469. The van der Waals surface area contributed by atoms with Crippen LogP contribution in [0, 0.1) is 5.41 Å². The van der Waals surface area contributed by atoms with Gasteiger partial charge in [-0.2, -0.15) is 0 Å². The van der Waals surface area contributed by atoms with Crippen molar-refractivity contribution in [3.8, 4) is 5.75 Å². The third kappa shape index (κ3) is 5.19. The number of nitrogens with one attached hydrogen (secondary N) is 1. The van der Waals surface area contributed by atoms with Crippen LogP contribution in [0.2, 0.25) is 0 Å². The molecule has 100 valence electrons. The SMILES string of the molecule is CC(C)(C)CNC(=O)[C@@H](N)Cc1ccc(O)cc1. The van der Waals surface area contributed by atoms with Crippen molar-refractivity contribution >= 4 is 5.91 Å². The van der Waals surface area contributed by atoms with Crippen LogP contribution < -0.4 is 11.1 Å². The molecule has 0 heterocycles. The van der Waals surface area contributed by atoms with Crippen molar-refractivity contribution < 1.29 is 9.90 Å². The third-order valence-corrected chi connectivity index (χ3v) is 2.52. The van der Waals surface area contributed by atoms with E-state index in [9.17, 15) is 4.79 Å². The Morgan fingerprint density at radius 2 is 1.89 bits per heavy atom. The van der Waals surface area contributed by atoms with Gasteiger partial charge in [0.25, 0.3) is 0 Å². The fraction of sp³-hybridized carbons (Fsp3) is 0.500. The Morgan fingerprint density at radius 3 is 2.39 bits per heavy atom. The van der Waals surface area contributed by atoms with Crippen LogP contribution >= 0.6 is 0 Å². The first kappa shape index (κ1) is 14.5. The lowest BCUT2D eigenvalue weighted by Crippen LogP contribution is -2.44. The highest BCUT2D eigenvalue weighted by atomic mass is 16.3. The summed E-state index contributed by atoms with van der Waals surface area (Å²) in [6, 6.07) is 6.17. The van der Waals surface area contributed by atoms with Crippen molar-refractivity contribution in [2.24, 2.45) is 11.1 Å². The fourth-order valence-electron chi connectivity index (χ4n) is 1.46. The zero-order valence-corrected chi connectivity index (χ0v) is 11.2. The van der Waals surface area contributed by atoms with Gasteiger partial charge in [0.15, 0.2) is 0 Å². The largest absolute Gasteiger partial charge is 0.508 e. The number of aromatic hydroxyl groups is 1. The van der Waals surface area contributed by atoms with E-state index in [-0.39, 0.29) is 17.1 Å². The van der Waals surface area contributed by atoms with Crippen molar-refractivity contribution in [2.75, 3.05) is 6.54 Å². The van der Waals surface area contributed by atoms with E-state index in [1.807, 2.05) is 0 Å². The van der Waals surface area contributed by atoms with Gasteiger partial charge in [-0.05, 0) is 29.5 Å². The number of carbonyl (C=O) groups excluding carboxylic acids is 1. The summed E-state index contributed by atoms with van der Waals surface area (Å²) < 4.78 is 0. The van der Waals surface area contributed by atoms with Crippen LogP contribution in [0.1, 0.15) is 26.3 Å². The molecule has 0 saturated heterocycles. The second kappa shape index (κ2) is 5.87. The number of rotatable bonds is 4. The molecule has 18 heavy (non-hydrogen) atoms. The molecule has 0 aliphatic rings. The maximum atomic E-state index is 11.8. The van der Waals surface area contributed by atoms with Gasteiger partial charge in [0.05, 0.1) is 6.04 Å². The molecule has 0 fully saturated rings. The van der Waals surface area contributed by atoms with Crippen molar-refractivity contribution in [3.63, 3.8) is 0 Å². The van der Waals surface area contributed by atoms with Gasteiger partial charge in [-0.3, -0.25) is 4.79 Å². The highest BCUT2D eigenvalue weighted by molar-refractivity contribution is 5.81. The van der Waals surface area contributed by atoms with Crippen LogP contribution in [-0.2, 0) is 11.2 Å². The van der Waals surface area contributed by atoms with E-state index in [4.69, 9.17) is 10.8 Å². The quantitative estimate of drug-likeness (QED) is 0.756. The first-order valence-electron chi connectivity index (χ1n) is 6.09. The molecule has 1 atom stereocenters. The van der Waals surface area contributed by atoms with E-state index in [1.165, 1.54) is 0 Å². The molecular formula is C14H22N2O2. The maximum Gasteiger partial charge on any atom is 0.237 e. The van der Waals surface area contributed by atoms with E-state index in [0.29, 0.717) is 13.0 Å².